The molecular formula is C16H31NO. The molecule has 0 aromatic heterocycles. The molecule has 18 heavy (non-hydrogen) atoms. The van der Waals surface area contributed by atoms with Crippen LogP contribution in [0.15, 0.2) is 0 Å². The van der Waals surface area contributed by atoms with Gasteiger partial charge in [0.05, 0.1) is 5.60 Å². The summed E-state index contributed by atoms with van der Waals surface area (Å²) in [4.78, 5) is 2.51. The minimum Gasteiger partial charge on any atom is -0.389 e. The van der Waals surface area contributed by atoms with Gasteiger partial charge in [-0.3, -0.25) is 4.90 Å². The van der Waals surface area contributed by atoms with Crippen molar-refractivity contribution in [2.75, 3.05) is 19.6 Å². The Morgan fingerprint density at radius 3 is 2.00 bits per heavy atom. The Morgan fingerprint density at radius 2 is 1.50 bits per heavy atom. The summed E-state index contributed by atoms with van der Waals surface area (Å²) in [7, 11) is 0. The van der Waals surface area contributed by atoms with Crippen LogP contribution in [0.1, 0.15) is 71.6 Å². The molecular weight excluding hydrogens is 222 g/mol. The van der Waals surface area contributed by atoms with E-state index in [-0.39, 0.29) is 5.60 Å². The number of aliphatic hydroxyl groups is 1. The van der Waals surface area contributed by atoms with Gasteiger partial charge in [-0.25, -0.2) is 0 Å². The fraction of sp³-hybridized carbons (Fsp3) is 1.00. The van der Waals surface area contributed by atoms with E-state index in [4.69, 9.17) is 0 Å². The quantitative estimate of drug-likeness (QED) is 0.782. The molecule has 1 aliphatic carbocycles. The van der Waals surface area contributed by atoms with Gasteiger partial charge in [-0.05, 0) is 31.1 Å². The third kappa shape index (κ3) is 3.27. The molecule has 1 saturated heterocycles. The second-order valence-electron chi connectivity index (χ2n) is 6.93. The summed E-state index contributed by atoms with van der Waals surface area (Å²) in [6, 6.07) is 0. The number of rotatable bonds is 6. The van der Waals surface area contributed by atoms with Gasteiger partial charge in [0.2, 0.25) is 0 Å². The van der Waals surface area contributed by atoms with Crippen LogP contribution in [-0.2, 0) is 0 Å². The third-order valence-corrected chi connectivity index (χ3v) is 4.98. The van der Waals surface area contributed by atoms with E-state index in [2.05, 4.69) is 18.7 Å². The summed E-state index contributed by atoms with van der Waals surface area (Å²) in [5.41, 5.74) is 0.233. The smallest absolute Gasteiger partial charge is 0.0774 e. The van der Waals surface area contributed by atoms with Crippen LogP contribution in [0.4, 0.5) is 0 Å². The van der Waals surface area contributed by atoms with Crippen LogP contribution in [0.2, 0.25) is 0 Å². The van der Waals surface area contributed by atoms with Crippen molar-refractivity contribution in [2.45, 2.75) is 77.2 Å². The predicted octanol–water partition coefficient (Wildman–Crippen LogP) is 3.58. The predicted molar refractivity (Wildman–Crippen MR) is 76.7 cm³/mol. The number of hydrogen-bond donors (Lipinski definition) is 1. The Labute approximate surface area is 113 Å². The molecule has 0 unspecified atom stereocenters. The lowest BCUT2D eigenvalue weighted by molar-refractivity contribution is -0.0880. The molecule has 2 aliphatic rings. The van der Waals surface area contributed by atoms with Crippen molar-refractivity contribution >= 4 is 0 Å². The highest BCUT2D eigenvalue weighted by atomic mass is 16.3. The van der Waals surface area contributed by atoms with Crippen molar-refractivity contribution in [2.24, 2.45) is 5.41 Å². The lowest BCUT2D eigenvalue weighted by Crippen LogP contribution is -2.60. The van der Waals surface area contributed by atoms with Crippen molar-refractivity contribution in [3.63, 3.8) is 0 Å². The number of hydrogen-bond acceptors (Lipinski definition) is 2. The SMILES string of the molecule is CCCC1(CCC)CN(CC2(O)CCCCC2)C1. The monoisotopic (exact) mass is 253 g/mol. The van der Waals surface area contributed by atoms with Crippen molar-refractivity contribution in [1.29, 1.82) is 0 Å². The van der Waals surface area contributed by atoms with Crippen molar-refractivity contribution < 1.29 is 5.11 Å². The third-order valence-electron chi connectivity index (χ3n) is 4.98. The number of β-amino-alcohol motifs (C(OH)–C–C–N with tert-alkyl or cyclic N) is 1. The zero-order valence-corrected chi connectivity index (χ0v) is 12.4. The maximum atomic E-state index is 10.6. The van der Waals surface area contributed by atoms with E-state index >= 15 is 0 Å². The zero-order valence-electron chi connectivity index (χ0n) is 12.4. The molecule has 1 heterocycles. The minimum atomic E-state index is -0.358. The zero-order chi connectivity index (χ0) is 13.1. The van der Waals surface area contributed by atoms with E-state index in [1.54, 1.807) is 0 Å². The Balaban J connectivity index is 1.80. The minimum absolute atomic E-state index is 0.358. The highest BCUT2D eigenvalue weighted by Gasteiger charge is 2.44. The summed E-state index contributed by atoms with van der Waals surface area (Å²) in [5, 5.41) is 10.6. The van der Waals surface area contributed by atoms with Gasteiger partial charge in [-0.1, -0.05) is 46.0 Å². The van der Waals surface area contributed by atoms with Crippen molar-refractivity contribution in [1.82, 2.24) is 4.90 Å². The molecule has 0 spiro atoms. The van der Waals surface area contributed by atoms with Crippen LogP contribution in [0.5, 0.6) is 0 Å². The van der Waals surface area contributed by atoms with Gasteiger partial charge in [0.1, 0.15) is 0 Å². The van der Waals surface area contributed by atoms with E-state index in [1.165, 1.54) is 58.0 Å². The maximum Gasteiger partial charge on any atom is 0.0774 e. The van der Waals surface area contributed by atoms with Crippen LogP contribution in [-0.4, -0.2) is 35.2 Å². The van der Waals surface area contributed by atoms with Crippen molar-refractivity contribution in [3.8, 4) is 0 Å². The van der Waals surface area contributed by atoms with Crippen LogP contribution < -0.4 is 0 Å². The first-order chi connectivity index (χ1) is 8.61. The van der Waals surface area contributed by atoms with Crippen LogP contribution in [0.25, 0.3) is 0 Å². The molecule has 0 aromatic rings. The molecule has 1 saturated carbocycles. The fourth-order valence-electron chi connectivity index (χ4n) is 4.30. The standard InChI is InChI=1S/C16H31NO/c1-3-8-15(9-4-2)12-17(13-15)14-16(18)10-6-5-7-11-16/h18H,3-14H2,1-2H3. The summed E-state index contributed by atoms with van der Waals surface area (Å²) < 4.78 is 0. The van der Waals surface area contributed by atoms with E-state index in [0.717, 1.165) is 19.4 Å². The van der Waals surface area contributed by atoms with Crippen molar-refractivity contribution in [3.05, 3.63) is 0 Å². The van der Waals surface area contributed by atoms with Gasteiger partial charge in [-0.2, -0.15) is 0 Å². The summed E-state index contributed by atoms with van der Waals surface area (Å²) in [6.45, 7) is 8.00. The Morgan fingerprint density at radius 1 is 0.944 bits per heavy atom. The Bertz CT molecular complexity index is 244. The van der Waals surface area contributed by atoms with Gasteiger partial charge in [0.25, 0.3) is 0 Å². The lowest BCUT2D eigenvalue weighted by atomic mass is 9.71. The van der Waals surface area contributed by atoms with Gasteiger partial charge >= 0.3 is 0 Å². The maximum absolute atomic E-state index is 10.6. The molecule has 0 aromatic carbocycles. The molecule has 2 rings (SSSR count). The lowest BCUT2D eigenvalue weighted by Gasteiger charge is -2.53. The summed E-state index contributed by atoms with van der Waals surface area (Å²) in [6.07, 6.45) is 11.2. The van der Waals surface area contributed by atoms with Gasteiger partial charge in [-0.15, -0.1) is 0 Å². The summed E-state index contributed by atoms with van der Waals surface area (Å²) >= 11 is 0. The van der Waals surface area contributed by atoms with E-state index in [0.29, 0.717) is 5.41 Å². The molecule has 2 heteroatoms. The highest BCUT2D eigenvalue weighted by molar-refractivity contribution is 4.97. The largest absolute Gasteiger partial charge is 0.389 e. The van der Waals surface area contributed by atoms with Crippen LogP contribution in [0, 0.1) is 5.41 Å². The molecule has 0 radical (unpaired) electrons. The van der Waals surface area contributed by atoms with Gasteiger partial charge in [0, 0.05) is 19.6 Å². The Hall–Kier alpha value is -0.0800. The second kappa shape index (κ2) is 5.92. The molecule has 1 aliphatic heterocycles. The average molecular weight is 253 g/mol. The number of likely N-dealkylation sites (tertiary alicyclic amines) is 1. The Kier molecular flexibility index (Phi) is 4.71. The van der Waals surface area contributed by atoms with E-state index in [1.807, 2.05) is 0 Å². The van der Waals surface area contributed by atoms with Gasteiger partial charge < -0.3 is 5.11 Å². The van der Waals surface area contributed by atoms with Crippen LogP contribution >= 0.6 is 0 Å². The fourth-order valence-corrected chi connectivity index (χ4v) is 4.30. The first kappa shape index (κ1) is 14.3. The normalized spacial score (nSPS) is 26.8. The second-order valence-corrected chi connectivity index (χ2v) is 6.93. The first-order valence-corrected chi connectivity index (χ1v) is 8.06. The average Bonchev–Trinajstić information content (AvgIpc) is 2.28. The molecule has 1 N–H and O–H groups in total. The molecule has 106 valence electrons. The molecule has 2 fully saturated rings. The molecule has 0 amide bonds. The van der Waals surface area contributed by atoms with E-state index in [9.17, 15) is 5.11 Å². The van der Waals surface area contributed by atoms with Crippen LogP contribution in [0.3, 0.4) is 0 Å². The van der Waals surface area contributed by atoms with E-state index < -0.39 is 0 Å². The molecule has 2 nitrogen and oxygen atoms in total. The molecule has 0 bridgehead atoms. The number of nitrogens with zero attached hydrogens (tertiary/aromatic N) is 1. The molecule has 0 atom stereocenters. The highest BCUT2D eigenvalue weighted by Crippen LogP contribution is 2.41. The topological polar surface area (TPSA) is 23.5 Å². The van der Waals surface area contributed by atoms with Gasteiger partial charge in [0.15, 0.2) is 0 Å². The first-order valence-electron chi connectivity index (χ1n) is 8.06. The summed E-state index contributed by atoms with van der Waals surface area (Å²) in [5.74, 6) is 0.